The van der Waals surface area contributed by atoms with Gasteiger partial charge in [-0.1, -0.05) is 31.6 Å². The van der Waals surface area contributed by atoms with Gasteiger partial charge in [-0.25, -0.2) is 9.40 Å². The number of benzene rings is 1. The van der Waals surface area contributed by atoms with Crippen molar-refractivity contribution in [3.8, 4) is 5.75 Å². The first-order valence-electron chi connectivity index (χ1n) is 14.6. The normalized spacial score (nSPS) is 16.6. The zero-order chi connectivity index (χ0) is 29.9. The summed E-state index contributed by atoms with van der Waals surface area (Å²) in [7, 11) is 1.70. The number of morpholine rings is 1. The Bertz CT molecular complexity index is 1370. The summed E-state index contributed by atoms with van der Waals surface area (Å²) in [5.74, 6) is 0.329. The van der Waals surface area contributed by atoms with Crippen LogP contribution in [-0.4, -0.2) is 76.7 Å². The Morgan fingerprint density at radius 2 is 1.98 bits per heavy atom. The number of unbranched alkanes of at least 4 members (excludes halogenated alkanes) is 1. The number of amides is 1. The molecule has 224 valence electrons. The molecule has 2 aromatic rings. The fourth-order valence-corrected chi connectivity index (χ4v) is 4.94. The molecule has 0 aliphatic carbocycles. The van der Waals surface area contributed by atoms with Crippen LogP contribution < -0.4 is 4.74 Å². The zero-order valence-electron chi connectivity index (χ0n) is 24.7. The molecule has 0 unspecified atom stereocenters. The van der Waals surface area contributed by atoms with Crippen molar-refractivity contribution >= 4 is 17.4 Å². The molecule has 2 aliphatic heterocycles. The first kappa shape index (κ1) is 30.9. The molecule has 3 heterocycles. The van der Waals surface area contributed by atoms with E-state index in [1.54, 1.807) is 11.9 Å². The molecule has 0 atom stereocenters. The lowest BCUT2D eigenvalue weighted by Crippen LogP contribution is -2.41. The zero-order valence-corrected chi connectivity index (χ0v) is 24.7. The van der Waals surface area contributed by atoms with Gasteiger partial charge in [0.15, 0.2) is 5.78 Å². The van der Waals surface area contributed by atoms with Crippen molar-refractivity contribution in [2.75, 3.05) is 39.6 Å². The lowest BCUT2D eigenvalue weighted by Gasteiger charge is -2.26. The van der Waals surface area contributed by atoms with Crippen LogP contribution in [0.3, 0.4) is 0 Å². The number of hydrazone groups is 1. The van der Waals surface area contributed by atoms with E-state index in [0.29, 0.717) is 62.6 Å². The molecule has 42 heavy (non-hydrogen) atoms. The van der Waals surface area contributed by atoms with Gasteiger partial charge < -0.3 is 14.4 Å². The first-order chi connectivity index (χ1) is 20.4. The third kappa shape index (κ3) is 7.82. The van der Waals surface area contributed by atoms with Gasteiger partial charge in [0.2, 0.25) is 0 Å². The Balaban J connectivity index is 1.42. The number of alkyl halides is 1. The quantitative estimate of drug-likeness (QED) is 0.232. The van der Waals surface area contributed by atoms with Gasteiger partial charge in [0, 0.05) is 38.3 Å². The molecule has 2 aliphatic rings. The monoisotopic (exact) mass is 577 g/mol. The third-order valence-electron chi connectivity index (χ3n) is 7.14. The van der Waals surface area contributed by atoms with Gasteiger partial charge in [-0.3, -0.25) is 14.3 Å². The second kappa shape index (κ2) is 15.3. The Morgan fingerprint density at radius 3 is 2.74 bits per heavy atom. The van der Waals surface area contributed by atoms with E-state index in [1.807, 2.05) is 48.5 Å². The summed E-state index contributed by atoms with van der Waals surface area (Å²) in [6.07, 6.45) is 13.2. The SMILES string of the molecule is CCCC=C1C=C(CCCC(=O)c2c(C(=O)N3CCOCC3)cnn2C)C=CN1N=C(C)c1ccccc1OCCF. The van der Waals surface area contributed by atoms with Crippen molar-refractivity contribution in [1.82, 2.24) is 19.7 Å². The molecule has 1 amide bonds. The van der Waals surface area contributed by atoms with Crippen molar-refractivity contribution in [1.29, 1.82) is 0 Å². The summed E-state index contributed by atoms with van der Waals surface area (Å²) in [6.45, 7) is 5.48. The summed E-state index contributed by atoms with van der Waals surface area (Å²) in [5, 5.41) is 10.9. The lowest BCUT2D eigenvalue weighted by molar-refractivity contribution is 0.0301. The highest BCUT2D eigenvalue weighted by Crippen LogP contribution is 2.25. The van der Waals surface area contributed by atoms with Crippen LogP contribution in [0.15, 0.2) is 71.3 Å². The highest BCUT2D eigenvalue weighted by Gasteiger charge is 2.26. The summed E-state index contributed by atoms with van der Waals surface area (Å²) in [4.78, 5) is 28.0. The second-order valence-corrected chi connectivity index (χ2v) is 10.2. The van der Waals surface area contributed by atoms with Gasteiger partial charge >= 0.3 is 0 Å². The second-order valence-electron chi connectivity index (χ2n) is 10.2. The van der Waals surface area contributed by atoms with Crippen LogP contribution in [0.2, 0.25) is 0 Å². The number of carbonyl (C=O) groups excluding carboxylic acids is 2. The summed E-state index contributed by atoms with van der Waals surface area (Å²) < 4.78 is 25.1. The maximum Gasteiger partial charge on any atom is 0.257 e. The number of rotatable bonds is 13. The minimum atomic E-state index is -0.557. The molecular weight excluding hydrogens is 537 g/mol. The Hall–Kier alpha value is -4.05. The van der Waals surface area contributed by atoms with Gasteiger partial charge in [0.05, 0.1) is 36.4 Å². The molecule has 0 radical (unpaired) electrons. The molecule has 0 N–H and O–H groups in total. The molecular formula is C32H40FN5O4. The predicted octanol–water partition coefficient (Wildman–Crippen LogP) is 5.46. The molecule has 1 saturated heterocycles. The minimum absolute atomic E-state index is 0.00372. The lowest BCUT2D eigenvalue weighted by atomic mass is 10.0. The number of Topliss-reactive ketones (excluding diaryl/α,β-unsaturated/α-hetero) is 1. The number of aryl methyl sites for hydroxylation is 1. The van der Waals surface area contributed by atoms with Crippen LogP contribution in [0.25, 0.3) is 0 Å². The average molecular weight is 578 g/mol. The Kier molecular flexibility index (Phi) is 11.2. The number of allylic oxidation sites excluding steroid dienone is 4. The number of nitrogens with zero attached hydrogens (tertiary/aromatic N) is 5. The van der Waals surface area contributed by atoms with E-state index < -0.39 is 6.67 Å². The van der Waals surface area contributed by atoms with Gasteiger partial charge in [-0.2, -0.15) is 10.2 Å². The number of hydrogen-bond donors (Lipinski definition) is 0. The predicted molar refractivity (Wildman–Crippen MR) is 160 cm³/mol. The van der Waals surface area contributed by atoms with Crippen LogP contribution in [0.4, 0.5) is 4.39 Å². The number of carbonyl (C=O) groups is 2. The molecule has 0 saturated carbocycles. The Morgan fingerprint density at radius 1 is 1.19 bits per heavy atom. The molecule has 1 fully saturated rings. The smallest absolute Gasteiger partial charge is 0.257 e. The molecule has 0 bridgehead atoms. The largest absolute Gasteiger partial charge is 0.490 e. The molecule has 4 rings (SSSR count). The summed E-state index contributed by atoms with van der Waals surface area (Å²) in [5.41, 5.74) is 4.31. The van der Waals surface area contributed by atoms with Crippen LogP contribution in [0, 0.1) is 0 Å². The highest BCUT2D eigenvalue weighted by molar-refractivity contribution is 6.07. The molecule has 1 aromatic carbocycles. The highest BCUT2D eigenvalue weighted by atomic mass is 19.1. The van der Waals surface area contributed by atoms with Crippen molar-refractivity contribution in [2.24, 2.45) is 12.1 Å². The summed E-state index contributed by atoms with van der Waals surface area (Å²) >= 11 is 0. The maximum atomic E-state index is 13.2. The van der Waals surface area contributed by atoms with E-state index in [9.17, 15) is 14.0 Å². The number of ketones is 1. The number of halogens is 1. The van der Waals surface area contributed by atoms with Crippen LogP contribution >= 0.6 is 0 Å². The number of para-hydroxylation sites is 1. The van der Waals surface area contributed by atoms with Gasteiger partial charge in [0.1, 0.15) is 24.7 Å². The van der Waals surface area contributed by atoms with Crippen LogP contribution in [0.1, 0.15) is 72.4 Å². The molecule has 0 spiro atoms. The average Bonchev–Trinajstić information content (AvgIpc) is 3.41. The van der Waals surface area contributed by atoms with E-state index >= 15 is 0 Å². The number of hydrogen-bond acceptors (Lipinski definition) is 7. The van der Waals surface area contributed by atoms with Gasteiger partial charge in [-0.15, -0.1) is 0 Å². The minimum Gasteiger partial charge on any atom is -0.490 e. The van der Waals surface area contributed by atoms with Crippen molar-refractivity contribution in [2.45, 2.75) is 46.0 Å². The summed E-state index contributed by atoms with van der Waals surface area (Å²) in [6, 6.07) is 7.49. The number of ether oxygens (including phenoxy) is 2. The van der Waals surface area contributed by atoms with Crippen molar-refractivity contribution in [3.05, 3.63) is 83.0 Å². The van der Waals surface area contributed by atoms with Crippen molar-refractivity contribution in [3.63, 3.8) is 0 Å². The van der Waals surface area contributed by atoms with E-state index in [1.165, 1.54) is 10.9 Å². The fourth-order valence-electron chi connectivity index (χ4n) is 4.94. The molecule has 1 aromatic heterocycles. The molecule has 9 nitrogen and oxygen atoms in total. The maximum absolute atomic E-state index is 13.2. The van der Waals surface area contributed by atoms with E-state index in [-0.39, 0.29) is 18.3 Å². The standard InChI is InChI=1S/C32H40FN5O4/c1-4-5-10-26-22-25(14-16-38(26)35-24(2)27-11-6-7-13-30(27)42-19-15-33)9-8-12-29(39)31-28(23-34-36(31)3)32(40)37-17-20-41-21-18-37/h6-7,10-11,13-14,16,22-23H,4-5,8-9,12,15,17-21H2,1-3H3. The third-order valence-corrected chi connectivity index (χ3v) is 7.14. The van der Waals surface area contributed by atoms with E-state index in [0.717, 1.165) is 35.4 Å². The van der Waals surface area contributed by atoms with E-state index in [2.05, 4.69) is 24.2 Å². The fraction of sp³-hybridized carbons (Fsp3) is 0.438. The van der Waals surface area contributed by atoms with Gasteiger partial charge in [-0.05, 0) is 56.0 Å². The van der Waals surface area contributed by atoms with Gasteiger partial charge in [0.25, 0.3) is 5.91 Å². The van der Waals surface area contributed by atoms with E-state index in [4.69, 9.17) is 14.6 Å². The number of aromatic nitrogens is 2. The first-order valence-corrected chi connectivity index (χ1v) is 14.6. The Labute approximate surface area is 247 Å². The topological polar surface area (TPSA) is 89.3 Å². The molecule has 10 heteroatoms. The van der Waals surface area contributed by atoms with Crippen LogP contribution in [-0.2, 0) is 11.8 Å². The van der Waals surface area contributed by atoms with Crippen molar-refractivity contribution < 1.29 is 23.5 Å². The van der Waals surface area contributed by atoms with Crippen LogP contribution in [0.5, 0.6) is 5.75 Å².